The maximum Gasteiger partial charge on any atom is 0.304 e. The quantitative estimate of drug-likeness (QED) is 0.503. The minimum Gasteiger partial charge on any atom is -0.481 e. The third-order valence-electron chi connectivity index (χ3n) is 1.08. The molecule has 4 heteroatoms. The summed E-state index contributed by atoms with van der Waals surface area (Å²) in [6.07, 6.45) is -0.258. The van der Waals surface area contributed by atoms with Gasteiger partial charge in [-0.2, -0.15) is 0 Å². The van der Waals surface area contributed by atoms with Crippen LogP contribution in [0.15, 0.2) is 0 Å². The first-order valence-electron chi connectivity index (χ1n) is 3.17. The molecule has 4 nitrogen and oxygen atoms in total. The van der Waals surface area contributed by atoms with Gasteiger partial charge >= 0.3 is 5.97 Å². The van der Waals surface area contributed by atoms with Crippen LogP contribution in [0.4, 0.5) is 0 Å². The Kier molecular flexibility index (Phi) is 3.99. The number of aliphatic hydroxyl groups excluding tert-OH is 1. The normalized spacial score (nSPS) is 16.3. The third-order valence-corrected chi connectivity index (χ3v) is 1.08. The van der Waals surface area contributed by atoms with Gasteiger partial charge in [-0.05, 0) is 13.3 Å². The van der Waals surface area contributed by atoms with E-state index >= 15 is 0 Å². The molecule has 0 aromatic heterocycles. The van der Waals surface area contributed by atoms with Gasteiger partial charge in [0.05, 0.1) is 12.5 Å². The second-order valence-corrected chi connectivity index (χ2v) is 2.44. The van der Waals surface area contributed by atoms with Crippen molar-refractivity contribution >= 4 is 5.97 Å². The average molecular weight is 147 g/mol. The molecule has 2 atom stereocenters. The monoisotopic (exact) mass is 147 g/mol. The van der Waals surface area contributed by atoms with Crippen LogP contribution < -0.4 is 5.73 Å². The van der Waals surface area contributed by atoms with E-state index in [9.17, 15) is 4.79 Å². The molecule has 4 N–H and O–H groups in total. The molecule has 0 saturated heterocycles. The molecule has 0 aliphatic carbocycles. The van der Waals surface area contributed by atoms with Crippen LogP contribution in [0.5, 0.6) is 0 Å². The second-order valence-electron chi connectivity index (χ2n) is 2.44. The number of rotatable bonds is 4. The van der Waals surface area contributed by atoms with Gasteiger partial charge in [0.25, 0.3) is 0 Å². The minimum absolute atomic E-state index is 0.0785. The highest BCUT2D eigenvalue weighted by Crippen LogP contribution is 1.98. The van der Waals surface area contributed by atoms with E-state index < -0.39 is 18.1 Å². The Hall–Kier alpha value is -0.610. The minimum atomic E-state index is -0.923. The molecule has 0 radical (unpaired) electrons. The summed E-state index contributed by atoms with van der Waals surface area (Å²) in [7, 11) is 0. The highest BCUT2D eigenvalue weighted by Gasteiger charge is 2.09. The molecule has 0 aromatic carbocycles. The summed E-state index contributed by atoms with van der Waals surface area (Å²) in [4.78, 5) is 10.0. The summed E-state index contributed by atoms with van der Waals surface area (Å²) in [5.74, 6) is -0.923. The Morgan fingerprint density at radius 1 is 1.70 bits per heavy atom. The molecule has 0 amide bonds. The van der Waals surface area contributed by atoms with E-state index in [1.165, 1.54) is 0 Å². The SMILES string of the molecule is CC(O)CC(N)CC(=O)O. The lowest BCUT2D eigenvalue weighted by Crippen LogP contribution is -2.27. The molecule has 0 fully saturated rings. The molecule has 10 heavy (non-hydrogen) atoms. The van der Waals surface area contributed by atoms with Gasteiger partial charge in [-0.3, -0.25) is 4.79 Å². The predicted molar refractivity (Wildman–Crippen MR) is 36.5 cm³/mol. The number of aliphatic hydroxyl groups is 1. The summed E-state index contributed by atoms with van der Waals surface area (Å²) in [6, 6.07) is -0.433. The fraction of sp³-hybridized carbons (Fsp3) is 0.833. The van der Waals surface area contributed by atoms with Gasteiger partial charge in [0, 0.05) is 6.04 Å². The number of aliphatic carboxylic acids is 1. The molecule has 0 spiro atoms. The summed E-state index contributed by atoms with van der Waals surface area (Å²) in [5.41, 5.74) is 5.33. The van der Waals surface area contributed by atoms with Crippen LogP contribution in [-0.2, 0) is 4.79 Å². The summed E-state index contributed by atoms with van der Waals surface area (Å²) >= 11 is 0. The highest BCUT2D eigenvalue weighted by molar-refractivity contribution is 5.67. The van der Waals surface area contributed by atoms with E-state index in [1.807, 2.05) is 0 Å². The van der Waals surface area contributed by atoms with Crippen molar-refractivity contribution in [3.05, 3.63) is 0 Å². The zero-order valence-corrected chi connectivity index (χ0v) is 5.95. The van der Waals surface area contributed by atoms with Crippen molar-refractivity contribution in [2.24, 2.45) is 5.73 Å². The van der Waals surface area contributed by atoms with Crippen LogP contribution in [0.1, 0.15) is 19.8 Å². The van der Waals surface area contributed by atoms with Crippen LogP contribution in [0.3, 0.4) is 0 Å². The molecule has 0 rings (SSSR count). The molecule has 2 unspecified atom stereocenters. The zero-order chi connectivity index (χ0) is 8.15. The largest absolute Gasteiger partial charge is 0.481 e. The fourth-order valence-electron chi connectivity index (χ4n) is 0.746. The van der Waals surface area contributed by atoms with Gasteiger partial charge in [-0.1, -0.05) is 0 Å². The van der Waals surface area contributed by atoms with Crippen molar-refractivity contribution in [1.29, 1.82) is 0 Å². The van der Waals surface area contributed by atoms with Gasteiger partial charge in [-0.15, -0.1) is 0 Å². The number of nitrogens with two attached hydrogens (primary N) is 1. The van der Waals surface area contributed by atoms with E-state index in [-0.39, 0.29) is 6.42 Å². The van der Waals surface area contributed by atoms with Gasteiger partial charge in [-0.25, -0.2) is 0 Å². The zero-order valence-electron chi connectivity index (χ0n) is 5.95. The van der Waals surface area contributed by atoms with Crippen molar-refractivity contribution in [2.45, 2.75) is 31.9 Å². The van der Waals surface area contributed by atoms with Crippen molar-refractivity contribution in [1.82, 2.24) is 0 Å². The molecule has 0 aliphatic rings. The Morgan fingerprint density at radius 2 is 2.20 bits per heavy atom. The second kappa shape index (κ2) is 4.24. The molecular formula is C6H13NO3. The first-order chi connectivity index (χ1) is 4.52. The number of hydrogen-bond donors (Lipinski definition) is 3. The fourth-order valence-corrected chi connectivity index (χ4v) is 0.746. The number of hydrogen-bond acceptors (Lipinski definition) is 3. The lowest BCUT2D eigenvalue weighted by Gasteiger charge is -2.09. The summed E-state index contributed by atoms with van der Waals surface area (Å²) < 4.78 is 0. The molecule has 0 bridgehead atoms. The van der Waals surface area contributed by atoms with E-state index in [2.05, 4.69) is 0 Å². The van der Waals surface area contributed by atoms with Crippen LogP contribution >= 0.6 is 0 Å². The van der Waals surface area contributed by atoms with Crippen LogP contribution in [0.2, 0.25) is 0 Å². The highest BCUT2D eigenvalue weighted by atomic mass is 16.4. The molecular weight excluding hydrogens is 134 g/mol. The van der Waals surface area contributed by atoms with Crippen molar-refractivity contribution < 1.29 is 15.0 Å². The molecule has 0 saturated carbocycles. The lowest BCUT2D eigenvalue weighted by atomic mass is 10.1. The predicted octanol–water partition coefficient (Wildman–Crippen LogP) is -0.441. The van der Waals surface area contributed by atoms with Crippen molar-refractivity contribution in [2.75, 3.05) is 0 Å². The van der Waals surface area contributed by atoms with Gasteiger partial charge in [0.15, 0.2) is 0 Å². The molecule has 0 aliphatic heterocycles. The number of carboxylic acids is 1. The third kappa shape index (κ3) is 5.53. The van der Waals surface area contributed by atoms with Crippen LogP contribution in [0, 0.1) is 0 Å². The van der Waals surface area contributed by atoms with E-state index in [0.717, 1.165) is 0 Å². The summed E-state index contributed by atoms with van der Waals surface area (Å²) in [5, 5.41) is 17.0. The van der Waals surface area contributed by atoms with Crippen LogP contribution in [0.25, 0.3) is 0 Å². The van der Waals surface area contributed by atoms with Gasteiger partial charge in [0.1, 0.15) is 0 Å². The van der Waals surface area contributed by atoms with Crippen molar-refractivity contribution in [3.8, 4) is 0 Å². The Bertz CT molecular complexity index is 114. The average Bonchev–Trinajstić information content (AvgIpc) is 1.58. The number of carboxylic acid groups (broad SMARTS) is 1. The first kappa shape index (κ1) is 9.39. The molecule has 0 aromatic rings. The van der Waals surface area contributed by atoms with E-state index in [0.29, 0.717) is 6.42 Å². The van der Waals surface area contributed by atoms with Gasteiger partial charge < -0.3 is 15.9 Å². The van der Waals surface area contributed by atoms with Crippen LogP contribution in [-0.4, -0.2) is 28.3 Å². The lowest BCUT2D eigenvalue weighted by molar-refractivity contribution is -0.137. The summed E-state index contributed by atoms with van der Waals surface area (Å²) in [6.45, 7) is 1.59. The Balaban J connectivity index is 3.43. The standard InChI is InChI=1S/C6H13NO3/c1-4(8)2-5(7)3-6(9)10/h4-5,8H,2-3,7H2,1H3,(H,9,10). The smallest absolute Gasteiger partial charge is 0.304 e. The molecule has 60 valence electrons. The van der Waals surface area contributed by atoms with Gasteiger partial charge in [0.2, 0.25) is 0 Å². The molecule has 0 heterocycles. The first-order valence-corrected chi connectivity index (χ1v) is 3.17. The maximum absolute atomic E-state index is 10.0. The Labute approximate surface area is 59.7 Å². The maximum atomic E-state index is 10.0. The van der Waals surface area contributed by atoms with E-state index in [1.54, 1.807) is 6.92 Å². The van der Waals surface area contributed by atoms with Crippen molar-refractivity contribution in [3.63, 3.8) is 0 Å². The topological polar surface area (TPSA) is 83.5 Å². The Morgan fingerprint density at radius 3 is 2.50 bits per heavy atom. The number of carbonyl (C=O) groups is 1. The van der Waals surface area contributed by atoms with E-state index in [4.69, 9.17) is 15.9 Å².